The summed E-state index contributed by atoms with van der Waals surface area (Å²) in [6.07, 6.45) is -4.46. The highest BCUT2D eigenvalue weighted by Crippen LogP contribution is 2.29. The second kappa shape index (κ2) is 4.42. The maximum Gasteiger partial charge on any atom is 0.416 e. The van der Waals surface area contributed by atoms with Crippen LogP contribution >= 0.6 is 0 Å². The Morgan fingerprint density at radius 1 is 1.31 bits per heavy atom. The van der Waals surface area contributed by atoms with Gasteiger partial charge in [-0.05, 0) is 18.7 Å². The van der Waals surface area contributed by atoms with Crippen molar-refractivity contribution in [1.82, 2.24) is 4.72 Å². The zero-order valence-electron chi connectivity index (χ0n) is 8.38. The fraction of sp³-hybridized carbons (Fsp3) is 0.333. The molecule has 0 saturated carbocycles. The lowest BCUT2D eigenvalue weighted by molar-refractivity contribution is -0.137. The van der Waals surface area contributed by atoms with Gasteiger partial charge in [-0.2, -0.15) is 13.2 Å². The van der Waals surface area contributed by atoms with Crippen LogP contribution in [0.5, 0.6) is 0 Å². The molecular formula is C9H10F3NO2S. The van der Waals surface area contributed by atoms with E-state index in [1.54, 1.807) is 0 Å². The molecule has 7 heteroatoms. The third-order valence-electron chi connectivity index (χ3n) is 1.92. The lowest BCUT2D eigenvalue weighted by atomic mass is 10.1. The standard InChI is InChI=1S/C9H10F3NO2S/c1-13-16(14,15)6-7-3-2-4-8(5-7)9(10,11)12/h2-5,13H,6H2,1H3. The summed E-state index contributed by atoms with van der Waals surface area (Å²) in [6, 6.07) is 4.25. The molecule has 0 radical (unpaired) electrons. The summed E-state index contributed by atoms with van der Waals surface area (Å²) in [5, 5.41) is 0. The Morgan fingerprint density at radius 3 is 2.44 bits per heavy atom. The normalized spacial score (nSPS) is 12.8. The zero-order chi connectivity index (χ0) is 12.4. The van der Waals surface area contributed by atoms with E-state index in [4.69, 9.17) is 0 Å². The van der Waals surface area contributed by atoms with Crippen LogP contribution in [0.1, 0.15) is 11.1 Å². The highest BCUT2D eigenvalue weighted by atomic mass is 32.2. The molecule has 90 valence electrons. The monoisotopic (exact) mass is 253 g/mol. The highest BCUT2D eigenvalue weighted by molar-refractivity contribution is 7.88. The van der Waals surface area contributed by atoms with Gasteiger partial charge in [0.2, 0.25) is 10.0 Å². The number of nitrogens with one attached hydrogen (secondary N) is 1. The van der Waals surface area contributed by atoms with Crippen molar-refractivity contribution in [2.24, 2.45) is 0 Å². The second-order valence-electron chi connectivity index (χ2n) is 3.16. The van der Waals surface area contributed by atoms with Gasteiger partial charge in [0.25, 0.3) is 0 Å². The molecule has 0 atom stereocenters. The van der Waals surface area contributed by atoms with Crippen LogP contribution in [-0.4, -0.2) is 15.5 Å². The summed E-state index contributed by atoms with van der Waals surface area (Å²) < 4.78 is 61.3. The number of hydrogen-bond donors (Lipinski definition) is 1. The molecule has 1 N–H and O–H groups in total. The molecule has 0 aliphatic heterocycles. The summed E-state index contributed by atoms with van der Waals surface area (Å²) >= 11 is 0. The predicted molar refractivity (Wildman–Crippen MR) is 53.1 cm³/mol. The SMILES string of the molecule is CNS(=O)(=O)Cc1cccc(C(F)(F)F)c1. The van der Waals surface area contributed by atoms with Gasteiger partial charge in [0, 0.05) is 0 Å². The number of benzene rings is 1. The first-order valence-electron chi connectivity index (χ1n) is 4.32. The Bertz CT molecular complexity index is 468. The lowest BCUT2D eigenvalue weighted by Crippen LogP contribution is -2.20. The maximum absolute atomic E-state index is 12.3. The number of alkyl halides is 3. The van der Waals surface area contributed by atoms with Crippen molar-refractivity contribution in [2.75, 3.05) is 7.05 Å². The smallest absolute Gasteiger partial charge is 0.218 e. The van der Waals surface area contributed by atoms with Crippen LogP contribution in [0.25, 0.3) is 0 Å². The molecule has 0 amide bonds. The van der Waals surface area contributed by atoms with Gasteiger partial charge in [-0.15, -0.1) is 0 Å². The summed E-state index contributed by atoms with van der Waals surface area (Å²) in [6.45, 7) is 0. The molecule has 0 aromatic heterocycles. The van der Waals surface area contributed by atoms with Gasteiger partial charge < -0.3 is 0 Å². The molecule has 16 heavy (non-hydrogen) atoms. The van der Waals surface area contributed by atoms with Crippen molar-refractivity contribution in [3.8, 4) is 0 Å². The molecule has 1 rings (SSSR count). The van der Waals surface area contributed by atoms with Crippen molar-refractivity contribution in [3.05, 3.63) is 35.4 Å². The van der Waals surface area contributed by atoms with Crippen molar-refractivity contribution in [2.45, 2.75) is 11.9 Å². The van der Waals surface area contributed by atoms with Gasteiger partial charge in [-0.3, -0.25) is 0 Å². The number of halogens is 3. The van der Waals surface area contributed by atoms with Crippen LogP contribution in [0.15, 0.2) is 24.3 Å². The van der Waals surface area contributed by atoms with E-state index in [0.717, 1.165) is 12.1 Å². The minimum absolute atomic E-state index is 0.101. The van der Waals surface area contributed by atoms with E-state index in [9.17, 15) is 21.6 Å². The molecule has 0 aliphatic rings. The molecule has 1 aromatic rings. The van der Waals surface area contributed by atoms with E-state index in [2.05, 4.69) is 0 Å². The van der Waals surface area contributed by atoms with Crippen molar-refractivity contribution in [3.63, 3.8) is 0 Å². The van der Waals surface area contributed by atoms with E-state index in [0.29, 0.717) is 0 Å². The Labute approximate surface area is 91.3 Å². The first-order chi connectivity index (χ1) is 7.24. The van der Waals surface area contributed by atoms with Crippen molar-refractivity contribution < 1.29 is 21.6 Å². The van der Waals surface area contributed by atoms with Crippen molar-refractivity contribution in [1.29, 1.82) is 0 Å². The molecular weight excluding hydrogens is 243 g/mol. The predicted octanol–water partition coefficient (Wildman–Crippen LogP) is 1.75. The minimum atomic E-state index is -4.46. The average Bonchev–Trinajstić information content (AvgIpc) is 2.16. The van der Waals surface area contributed by atoms with Crippen molar-refractivity contribution >= 4 is 10.0 Å². The largest absolute Gasteiger partial charge is 0.416 e. The Morgan fingerprint density at radius 2 is 1.94 bits per heavy atom. The molecule has 0 bridgehead atoms. The molecule has 3 nitrogen and oxygen atoms in total. The van der Waals surface area contributed by atoms with Gasteiger partial charge in [-0.25, -0.2) is 13.1 Å². The first-order valence-corrected chi connectivity index (χ1v) is 5.97. The number of rotatable bonds is 3. The minimum Gasteiger partial charge on any atom is -0.218 e. The number of hydrogen-bond acceptors (Lipinski definition) is 2. The molecule has 0 spiro atoms. The molecule has 0 aliphatic carbocycles. The average molecular weight is 253 g/mol. The fourth-order valence-corrected chi connectivity index (χ4v) is 1.89. The van der Waals surface area contributed by atoms with Crippen LogP contribution in [0, 0.1) is 0 Å². The summed E-state index contributed by atoms with van der Waals surface area (Å²) in [5.41, 5.74) is -0.750. The maximum atomic E-state index is 12.3. The van der Waals surface area contributed by atoms with Crippen LogP contribution in [0.2, 0.25) is 0 Å². The second-order valence-corrected chi connectivity index (χ2v) is 5.09. The van der Waals surface area contributed by atoms with Crippen LogP contribution in [0.3, 0.4) is 0 Å². The molecule has 0 unspecified atom stereocenters. The summed E-state index contributed by atoms with van der Waals surface area (Å²) in [5.74, 6) is -0.465. The Balaban J connectivity index is 3.01. The van der Waals surface area contributed by atoms with Gasteiger partial charge >= 0.3 is 6.18 Å². The van der Waals surface area contributed by atoms with Crippen LogP contribution in [-0.2, 0) is 22.0 Å². The van der Waals surface area contributed by atoms with Gasteiger partial charge in [0.05, 0.1) is 11.3 Å². The van der Waals surface area contributed by atoms with E-state index >= 15 is 0 Å². The molecule has 1 aromatic carbocycles. The van der Waals surface area contributed by atoms with Gasteiger partial charge in [0.15, 0.2) is 0 Å². The summed E-state index contributed by atoms with van der Waals surface area (Å²) in [7, 11) is -2.34. The van der Waals surface area contributed by atoms with Gasteiger partial charge in [0.1, 0.15) is 0 Å². The van der Waals surface area contributed by atoms with E-state index in [-0.39, 0.29) is 5.56 Å². The molecule has 0 heterocycles. The van der Waals surface area contributed by atoms with E-state index in [1.165, 1.54) is 19.2 Å². The van der Waals surface area contributed by atoms with E-state index in [1.807, 2.05) is 4.72 Å². The molecule has 0 saturated heterocycles. The summed E-state index contributed by atoms with van der Waals surface area (Å²) in [4.78, 5) is 0. The highest BCUT2D eigenvalue weighted by Gasteiger charge is 2.30. The number of sulfonamides is 1. The first kappa shape index (κ1) is 13.0. The van der Waals surface area contributed by atoms with Gasteiger partial charge in [-0.1, -0.05) is 18.2 Å². The Hall–Kier alpha value is -1.08. The van der Waals surface area contributed by atoms with E-state index < -0.39 is 27.5 Å². The van der Waals surface area contributed by atoms with Crippen LogP contribution < -0.4 is 4.72 Å². The lowest BCUT2D eigenvalue weighted by Gasteiger charge is -2.08. The quantitative estimate of drug-likeness (QED) is 0.892. The molecule has 0 fully saturated rings. The third-order valence-corrected chi connectivity index (χ3v) is 3.26. The Kier molecular flexibility index (Phi) is 3.59. The fourth-order valence-electron chi connectivity index (χ4n) is 1.13. The van der Waals surface area contributed by atoms with Crippen LogP contribution in [0.4, 0.5) is 13.2 Å². The zero-order valence-corrected chi connectivity index (χ0v) is 9.19. The topological polar surface area (TPSA) is 46.2 Å². The third kappa shape index (κ3) is 3.49.